The number of hydrogen-bond donors (Lipinski definition) is 1. The second-order valence-electron chi connectivity index (χ2n) is 5.65. The number of rotatable bonds is 6. The van der Waals surface area contributed by atoms with Gasteiger partial charge in [-0.2, -0.15) is 0 Å². The summed E-state index contributed by atoms with van der Waals surface area (Å²) in [5.41, 5.74) is 3.85. The van der Waals surface area contributed by atoms with Gasteiger partial charge in [-0.15, -0.1) is 0 Å². The van der Waals surface area contributed by atoms with Gasteiger partial charge in [0.25, 0.3) is 0 Å². The second-order valence-corrected chi connectivity index (χ2v) is 5.65. The highest BCUT2D eigenvalue weighted by Gasteiger charge is 1.98. The van der Waals surface area contributed by atoms with Crippen LogP contribution in [0.5, 0.6) is 11.5 Å². The summed E-state index contributed by atoms with van der Waals surface area (Å²) in [5.74, 6) is 1.72. The molecule has 0 spiro atoms. The summed E-state index contributed by atoms with van der Waals surface area (Å²) in [5, 5.41) is 3.47. The van der Waals surface area contributed by atoms with Gasteiger partial charge in [0.2, 0.25) is 0 Å². The molecule has 1 N–H and O–H groups in total. The maximum atomic E-state index is 5.80. The topological polar surface area (TPSA) is 21.3 Å². The zero-order chi connectivity index (χ0) is 15.9. The highest BCUT2D eigenvalue weighted by Crippen LogP contribution is 2.21. The van der Waals surface area contributed by atoms with Crippen LogP contribution in [0.15, 0.2) is 78.9 Å². The van der Waals surface area contributed by atoms with Crippen LogP contribution >= 0.6 is 0 Å². The molecule has 0 aliphatic heterocycles. The highest BCUT2D eigenvalue weighted by molar-refractivity contribution is 5.33. The van der Waals surface area contributed by atoms with Gasteiger partial charge in [-0.3, -0.25) is 0 Å². The maximum Gasteiger partial charge on any atom is 0.127 e. The fraction of sp³-hybridized carbons (Fsp3) is 0.143. The average molecular weight is 303 g/mol. The van der Waals surface area contributed by atoms with Crippen molar-refractivity contribution in [3.05, 3.63) is 95.6 Å². The molecule has 0 bridgehead atoms. The van der Waals surface area contributed by atoms with E-state index >= 15 is 0 Å². The number of nitrogens with one attached hydrogen (secondary N) is 1. The van der Waals surface area contributed by atoms with Crippen molar-refractivity contribution < 1.29 is 4.74 Å². The van der Waals surface area contributed by atoms with E-state index in [0.29, 0.717) is 0 Å². The summed E-state index contributed by atoms with van der Waals surface area (Å²) in [6.07, 6.45) is 0. The summed E-state index contributed by atoms with van der Waals surface area (Å²) >= 11 is 0. The third-order valence-electron chi connectivity index (χ3n) is 3.68. The van der Waals surface area contributed by atoms with Gasteiger partial charge in [0.05, 0.1) is 0 Å². The third kappa shape index (κ3) is 4.70. The lowest BCUT2D eigenvalue weighted by atomic mass is 10.1. The SMILES string of the molecule is Cc1ccc(CNCc2ccc(Oc3ccccc3)cc2)cc1. The molecule has 116 valence electrons. The second kappa shape index (κ2) is 7.61. The van der Waals surface area contributed by atoms with E-state index in [1.54, 1.807) is 0 Å². The Morgan fingerprint density at radius 2 is 1.17 bits per heavy atom. The number of aryl methyl sites for hydroxylation is 1. The molecule has 0 heterocycles. The third-order valence-corrected chi connectivity index (χ3v) is 3.68. The molecule has 0 fully saturated rings. The first kappa shape index (κ1) is 15.3. The Morgan fingerprint density at radius 1 is 0.652 bits per heavy atom. The zero-order valence-corrected chi connectivity index (χ0v) is 13.3. The molecule has 23 heavy (non-hydrogen) atoms. The van der Waals surface area contributed by atoms with E-state index in [1.807, 2.05) is 42.5 Å². The van der Waals surface area contributed by atoms with Crippen LogP contribution in [-0.2, 0) is 13.1 Å². The van der Waals surface area contributed by atoms with Crippen molar-refractivity contribution in [1.82, 2.24) is 5.32 Å². The maximum absolute atomic E-state index is 5.80. The van der Waals surface area contributed by atoms with E-state index < -0.39 is 0 Å². The van der Waals surface area contributed by atoms with Crippen LogP contribution in [0, 0.1) is 6.92 Å². The lowest BCUT2D eigenvalue weighted by molar-refractivity contribution is 0.482. The summed E-state index contributed by atoms with van der Waals surface area (Å²) in [4.78, 5) is 0. The Kier molecular flexibility index (Phi) is 5.07. The summed E-state index contributed by atoms with van der Waals surface area (Å²) in [7, 11) is 0. The molecule has 0 aliphatic carbocycles. The molecule has 0 saturated carbocycles. The highest BCUT2D eigenvalue weighted by atomic mass is 16.5. The van der Waals surface area contributed by atoms with Crippen LogP contribution < -0.4 is 10.1 Å². The summed E-state index contributed by atoms with van der Waals surface area (Å²) in [6.45, 7) is 3.83. The van der Waals surface area contributed by atoms with Crippen molar-refractivity contribution in [2.24, 2.45) is 0 Å². The summed E-state index contributed by atoms with van der Waals surface area (Å²) in [6, 6.07) is 26.7. The molecule has 0 saturated heterocycles. The Morgan fingerprint density at radius 3 is 1.78 bits per heavy atom. The zero-order valence-electron chi connectivity index (χ0n) is 13.3. The number of ether oxygens (including phenoxy) is 1. The van der Waals surface area contributed by atoms with Crippen molar-refractivity contribution in [3.8, 4) is 11.5 Å². The van der Waals surface area contributed by atoms with E-state index in [0.717, 1.165) is 24.6 Å². The predicted molar refractivity (Wildman–Crippen MR) is 94.7 cm³/mol. The van der Waals surface area contributed by atoms with E-state index in [1.165, 1.54) is 16.7 Å². The molecule has 0 aliphatic rings. The van der Waals surface area contributed by atoms with Gasteiger partial charge in [-0.25, -0.2) is 0 Å². The van der Waals surface area contributed by atoms with E-state index in [4.69, 9.17) is 4.74 Å². The van der Waals surface area contributed by atoms with Gasteiger partial charge in [0.15, 0.2) is 0 Å². The van der Waals surface area contributed by atoms with Crippen molar-refractivity contribution in [2.75, 3.05) is 0 Å². The average Bonchev–Trinajstić information content (AvgIpc) is 2.59. The molecule has 2 heteroatoms. The van der Waals surface area contributed by atoms with Crippen LogP contribution in [0.25, 0.3) is 0 Å². The Balaban J connectivity index is 1.50. The lowest BCUT2D eigenvalue weighted by Gasteiger charge is -2.08. The number of para-hydroxylation sites is 1. The minimum absolute atomic E-state index is 0.847. The van der Waals surface area contributed by atoms with Gasteiger partial charge >= 0.3 is 0 Å². The Labute approximate surface area is 137 Å². The molecule has 0 radical (unpaired) electrons. The van der Waals surface area contributed by atoms with Crippen molar-refractivity contribution in [2.45, 2.75) is 20.0 Å². The van der Waals surface area contributed by atoms with Crippen LogP contribution in [0.1, 0.15) is 16.7 Å². The normalized spacial score (nSPS) is 10.5. The lowest BCUT2D eigenvalue weighted by Crippen LogP contribution is -2.12. The van der Waals surface area contributed by atoms with Crippen molar-refractivity contribution in [1.29, 1.82) is 0 Å². The van der Waals surface area contributed by atoms with Crippen molar-refractivity contribution in [3.63, 3.8) is 0 Å². The minimum Gasteiger partial charge on any atom is -0.457 e. The van der Waals surface area contributed by atoms with E-state index in [-0.39, 0.29) is 0 Å². The van der Waals surface area contributed by atoms with Crippen LogP contribution in [0.2, 0.25) is 0 Å². The van der Waals surface area contributed by atoms with Gasteiger partial charge in [-0.05, 0) is 42.3 Å². The molecular weight excluding hydrogens is 282 g/mol. The standard InChI is InChI=1S/C21H21NO/c1-17-7-9-18(10-8-17)15-22-16-19-11-13-21(14-12-19)23-20-5-3-2-4-6-20/h2-14,22H,15-16H2,1H3. The molecule has 0 unspecified atom stereocenters. The van der Waals surface area contributed by atoms with Gasteiger partial charge in [0, 0.05) is 13.1 Å². The van der Waals surface area contributed by atoms with Gasteiger partial charge in [0.1, 0.15) is 11.5 Å². The largest absolute Gasteiger partial charge is 0.457 e. The first-order valence-corrected chi connectivity index (χ1v) is 7.88. The molecule has 2 nitrogen and oxygen atoms in total. The Hall–Kier alpha value is -2.58. The first-order valence-electron chi connectivity index (χ1n) is 7.88. The molecule has 3 aromatic carbocycles. The molecule has 3 rings (SSSR count). The van der Waals surface area contributed by atoms with Crippen LogP contribution in [0.3, 0.4) is 0 Å². The number of hydrogen-bond acceptors (Lipinski definition) is 2. The van der Waals surface area contributed by atoms with E-state index in [2.05, 4.69) is 48.6 Å². The first-order chi connectivity index (χ1) is 11.3. The molecule has 0 aromatic heterocycles. The quantitative estimate of drug-likeness (QED) is 0.686. The molecule has 3 aromatic rings. The minimum atomic E-state index is 0.847. The Bertz CT molecular complexity index is 718. The van der Waals surface area contributed by atoms with Gasteiger partial charge in [-0.1, -0.05) is 60.2 Å². The summed E-state index contributed by atoms with van der Waals surface area (Å²) < 4.78 is 5.80. The van der Waals surface area contributed by atoms with Gasteiger partial charge < -0.3 is 10.1 Å². The number of benzene rings is 3. The molecule has 0 amide bonds. The van der Waals surface area contributed by atoms with E-state index in [9.17, 15) is 0 Å². The smallest absolute Gasteiger partial charge is 0.127 e. The molecule has 0 atom stereocenters. The molecular formula is C21H21NO. The monoisotopic (exact) mass is 303 g/mol. The van der Waals surface area contributed by atoms with Crippen LogP contribution in [0.4, 0.5) is 0 Å². The predicted octanol–water partition coefficient (Wildman–Crippen LogP) is 5.08. The van der Waals surface area contributed by atoms with Crippen molar-refractivity contribution >= 4 is 0 Å². The fourth-order valence-electron chi connectivity index (χ4n) is 2.36. The van der Waals surface area contributed by atoms with Crippen LogP contribution in [-0.4, -0.2) is 0 Å². The fourth-order valence-corrected chi connectivity index (χ4v) is 2.36.